The first-order chi connectivity index (χ1) is 9.86. The van der Waals surface area contributed by atoms with E-state index in [1.54, 1.807) is 6.92 Å². The van der Waals surface area contributed by atoms with Gasteiger partial charge < -0.3 is 19.8 Å². The molecule has 1 fully saturated rings. The molecule has 0 bridgehead atoms. The summed E-state index contributed by atoms with van der Waals surface area (Å²) in [4.78, 5) is 13.3. The van der Waals surface area contributed by atoms with Gasteiger partial charge in [-0.15, -0.1) is 0 Å². The molecule has 1 aromatic rings. The Bertz CT molecular complexity index is 552. The number of cyclic esters (lactones) is 1. The van der Waals surface area contributed by atoms with Gasteiger partial charge >= 0.3 is 6.09 Å². The van der Waals surface area contributed by atoms with E-state index >= 15 is 0 Å². The number of amides is 1. The van der Waals surface area contributed by atoms with Crippen LogP contribution in [0.3, 0.4) is 0 Å². The molecule has 1 aliphatic heterocycles. The van der Waals surface area contributed by atoms with Crippen LogP contribution < -0.4 is 0 Å². The quantitative estimate of drug-likeness (QED) is 0.888. The molecule has 0 aromatic heterocycles. The van der Waals surface area contributed by atoms with Crippen LogP contribution in [0.1, 0.15) is 25.3 Å². The highest BCUT2D eigenvalue weighted by atomic mass is 35.5. The third kappa shape index (κ3) is 3.05. The first kappa shape index (κ1) is 16.2. The van der Waals surface area contributed by atoms with E-state index in [1.807, 2.05) is 6.92 Å². The van der Waals surface area contributed by atoms with Crippen LogP contribution in [0.15, 0.2) is 12.1 Å². The maximum Gasteiger partial charge on any atom is 0.410 e. The second-order valence-corrected chi connectivity index (χ2v) is 5.98. The molecule has 5 nitrogen and oxygen atoms in total. The summed E-state index contributed by atoms with van der Waals surface area (Å²) < 4.78 is 5.07. The number of aromatic hydroxyl groups is 1. The fraction of sp³-hybridized carbons (Fsp3) is 0.500. The molecular weight excluding hydrogens is 317 g/mol. The van der Waals surface area contributed by atoms with Crippen molar-refractivity contribution in [1.82, 2.24) is 4.90 Å². The van der Waals surface area contributed by atoms with Gasteiger partial charge in [-0.2, -0.15) is 0 Å². The number of phenolic OH excluding ortho intramolecular Hbond substituents is 1. The standard InChI is InChI=1S/C14H17Cl2NO4/c1-7(12-10(19)4-3-9(15)13(12)16)5-17-8(2)11(6-18)21-14(17)20/h3-4,7-8,11,18-19H,5-6H2,1-2H3/t7-,8-,11+/m0/s1. The smallest absolute Gasteiger partial charge is 0.410 e. The fourth-order valence-corrected chi connectivity index (χ4v) is 3.02. The van der Waals surface area contributed by atoms with E-state index in [1.165, 1.54) is 17.0 Å². The highest BCUT2D eigenvalue weighted by molar-refractivity contribution is 6.42. The zero-order chi connectivity index (χ0) is 15.7. The summed E-state index contributed by atoms with van der Waals surface area (Å²) in [6, 6.07) is 2.75. The molecule has 2 rings (SSSR count). The fourth-order valence-electron chi connectivity index (χ4n) is 2.50. The molecular formula is C14H17Cl2NO4. The minimum atomic E-state index is -0.534. The summed E-state index contributed by atoms with van der Waals surface area (Å²) >= 11 is 12.1. The largest absolute Gasteiger partial charge is 0.508 e. The number of rotatable bonds is 4. The van der Waals surface area contributed by atoms with Crippen molar-refractivity contribution in [3.05, 3.63) is 27.7 Å². The zero-order valence-electron chi connectivity index (χ0n) is 11.7. The Hall–Kier alpha value is -1.17. The monoisotopic (exact) mass is 333 g/mol. The summed E-state index contributed by atoms with van der Waals surface area (Å²) in [5.74, 6) is -0.195. The van der Waals surface area contributed by atoms with E-state index < -0.39 is 12.2 Å². The lowest BCUT2D eigenvalue weighted by atomic mass is 9.98. The van der Waals surface area contributed by atoms with Crippen LogP contribution >= 0.6 is 23.2 Å². The molecule has 21 heavy (non-hydrogen) atoms. The van der Waals surface area contributed by atoms with E-state index in [0.29, 0.717) is 17.1 Å². The average Bonchev–Trinajstić information content (AvgIpc) is 2.71. The molecule has 2 N–H and O–H groups in total. The van der Waals surface area contributed by atoms with Gasteiger partial charge in [-0.3, -0.25) is 0 Å². The van der Waals surface area contributed by atoms with E-state index in [4.69, 9.17) is 33.0 Å². The van der Waals surface area contributed by atoms with Gasteiger partial charge in [0, 0.05) is 18.0 Å². The summed E-state index contributed by atoms with van der Waals surface area (Å²) in [5.41, 5.74) is 0.497. The number of halogens is 2. The average molecular weight is 334 g/mol. The van der Waals surface area contributed by atoms with Crippen molar-refractivity contribution >= 4 is 29.3 Å². The molecule has 1 aromatic carbocycles. The van der Waals surface area contributed by atoms with Crippen LogP contribution in [0, 0.1) is 0 Å². The number of aliphatic hydroxyl groups is 1. The number of aliphatic hydroxyl groups excluding tert-OH is 1. The molecule has 116 valence electrons. The topological polar surface area (TPSA) is 70.0 Å². The van der Waals surface area contributed by atoms with Gasteiger partial charge in [-0.1, -0.05) is 30.1 Å². The molecule has 0 spiro atoms. The van der Waals surface area contributed by atoms with Gasteiger partial charge in [0.1, 0.15) is 11.9 Å². The van der Waals surface area contributed by atoms with Crippen LogP contribution in [-0.2, 0) is 4.74 Å². The Morgan fingerprint density at radius 3 is 2.67 bits per heavy atom. The lowest BCUT2D eigenvalue weighted by Crippen LogP contribution is -2.37. The normalized spacial score (nSPS) is 23.3. The lowest BCUT2D eigenvalue weighted by Gasteiger charge is -2.25. The van der Waals surface area contributed by atoms with Crippen LogP contribution in [0.5, 0.6) is 5.75 Å². The van der Waals surface area contributed by atoms with Crippen LogP contribution in [0.25, 0.3) is 0 Å². The second-order valence-electron chi connectivity index (χ2n) is 5.19. The predicted octanol–water partition coefficient (Wildman–Crippen LogP) is 3.00. The maximum absolute atomic E-state index is 11.8. The molecule has 0 saturated carbocycles. The van der Waals surface area contributed by atoms with Crippen molar-refractivity contribution in [2.24, 2.45) is 0 Å². The second kappa shape index (κ2) is 6.30. The molecule has 7 heteroatoms. The van der Waals surface area contributed by atoms with Gasteiger partial charge in [-0.05, 0) is 19.1 Å². The minimum Gasteiger partial charge on any atom is -0.508 e. The zero-order valence-corrected chi connectivity index (χ0v) is 13.2. The lowest BCUT2D eigenvalue weighted by molar-refractivity contribution is 0.0853. The van der Waals surface area contributed by atoms with Crippen molar-refractivity contribution in [2.75, 3.05) is 13.2 Å². The number of benzene rings is 1. The van der Waals surface area contributed by atoms with E-state index in [0.717, 1.165) is 0 Å². The number of ether oxygens (including phenoxy) is 1. The molecule has 0 unspecified atom stereocenters. The van der Waals surface area contributed by atoms with Gasteiger partial charge in [0.2, 0.25) is 0 Å². The number of hydrogen-bond donors (Lipinski definition) is 2. The van der Waals surface area contributed by atoms with Crippen molar-refractivity contribution in [3.63, 3.8) is 0 Å². The van der Waals surface area contributed by atoms with Gasteiger partial charge in [-0.25, -0.2) is 4.79 Å². The van der Waals surface area contributed by atoms with E-state index in [2.05, 4.69) is 0 Å². The number of nitrogens with zero attached hydrogens (tertiary/aromatic N) is 1. The third-order valence-corrected chi connectivity index (χ3v) is 4.59. The van der Waals surface area contributed by atoms with Gasteiger partial charge in [0.05, 0.1) is 22.7 Å². The number of phenols is 1. The summed E-state index contributed by atoms with van der Waals surface area (Å²) in [6.45, 7) is 3.73. The summed E-state index contributed by atoms with van der Waals surface area (Å²) in [6.07, 6.45) is -1.01. The van der Waals surface area contributed by atoms with Crippen molar-refractivity contribution in [3.8, 4) is 5.75 Å². The predicted molar refractivity (Wildman–Crippen MR) is 80.1 cm³/mol. The highest BCUT2D eigenvalue weighted by Crippen LogP contribution is 2.38. The Morgan fingerprint density at radius 2 is 2.10 bits per heavy atom. The Balaban J connectivity index is 2.21. The van der Waals surface area contributed by atoms with Crippen LogP contribution in [-0.4, -0.2) is 46.5 Å². The molecule has 1 heterocycles. The molecule has 1 saturated heterocycles. The Labute approximate surface area is 133 Å². The first-order valence-electron chi connectivity index (χ1n) is 6.61. The first-order valence-corrected chi connectivity index (χ1v) is 7.37. The summed E-state index contributed by atoms with van der Waals surface area (Å²) in [5, 5.41) is 19.8. The molecule has 3 atom stereocenters. The Morgan fingerprint density at radius 1 is 1.43 bits per heavy atom. The molecule has 0 aliphatic carbocycles. The number of hydrogen-bond acceptors (Lipinski definition) is 4. The third-order valence-electron chi connectivity index (χ3n) is 3.77. The van der Waals surface area contributed by atoms with Crippen molar-refractivity contribution in [2.45, 2.75) is 31.9 Å². The number of carbonyl (C=O) groups is 1. The van der Waals surface area contributed by atoms with E-state index in [9.17, 15) is 9.90 Å². The van der Waals surface area contributed by atoms with Crippen molar-refractivity contribution < 1.29 is 19.7 Å². The SMILES string of the molecule is C[C@@H](CN1C(=O)O[C@H](CO)[C@@H]1C)c1c(O)ccc(Cl)c1Cl. The van der Waals surface area contributed by atoms with Gasteiger partial charge in [0.25, 0.3) is 0 Å². The minimum absolute atomic E-state index is 0.0378. The molecule has 0 radical (unpaired) electrons. The molecule has 1 amide bonds. The Kier molecular flexibility index (Phi) is 4.86. The molecule has 1 aliphatic rings. The summed E-state index contributed by atoms with van der Waals surface area (Å²) in [7, 11) is 0. The van der Waals surface area contributed by atoms with Crippen molar-refractivity contribution in [1.29, 1.82) is 0 Å². The van der Waals surface area contributed by atoms with Crippen LogP contribution in [0.2, 0.25) is 10.0 Å². The van der Waals surface area contributed by atoms with E-state index in [-0.39, 0.29) is 29.3 Å². The maximum atomic E-state index is 11.8. The highest BCUT2D eigenvalue weighted by Gasteiger charge is 2.39. The van der Waals surface area contributed by atoms with Crippen LogP contribution in [0.4, 0.5) is 4.79 Å². The van der Waals surface area contributed by atoms with Gasteiger partial charge in [0.15, 0.2) is 0 Å². The number of carbonyl (C=O) groups excluding carboxylic acids is 1.